The molecule has 2 rings (SSSR count). The van der Waals surface area contributed by atoms with Crippen LogP contribution in [0.15, 0.2) is 36.4 Å². The van der Waals surface area contributed by atoms with Crippen LogP contribution in [-0.4, -0.2) is 5.11 Å². The highest BCUT2D eigenvalue weighted by Crippen LogP contribution is 2.32. The van der Waals surface area contributed by atoms with Gasteiger partial charge in [0.15, 0.2) is 11.6 Å². The number of aromatic hydroxyl groups is 1. The molecule has 1 N–H and O–H groups in total. The van der Waals surface area contributed by atoms with E-state index < -0.39 is 11.6 Å². The number of rotatable bonds is 1. The maximum absolute atomic E-state index is 12.9. The highest BCUT2D eigenvalue weighted by Gasteiger charge is 2.07. The zero-order chi connectivity index (χ0) is 11.7. The van der Waals surface area contributed by atoms with Crippen LogP contribution in [-0.2, 0) is 0 Å². The molecule has 0 saturated heterocycles. The van der Waals surface area contributed by atoms with Crippen LogP contribution in [0.25, 0.3) is 11.1 Å². The normalized spacial score (nSPS) is 10.4. The highest BCUT2D eigenvalue weighted by atomic mass is 35.5. The van der Waals surface area contributed by atoms with E-state index in [-0.39, 0.29) is 0 Å². The Morgan fingerprint density at radius 2 is 1.75 bits per heavy atom. The summed E-state index contributed by atoms with van der Waals surface area (Å²) >= 11 is 11.8. The van der Waals surface area contributed by atoms with Gasteiger partial charge in [0, 0.05) is 15.6 Å². The molecule has 0 saturated carbocycles. The molecule has 0 aliphatic heterocycles. The summed E-state index contributed by atoms with van der Waals surface area (Å²) in [5.41, 5.74) is 1.34. The third-order valence-corrected chi connectivity index (χ3v) is 2.74. The maximum atomic E-state index is 12.9. The van der Waals surface area contributed by atoms with Crippen molar-refractivity contribution in [2.24, 2.45) is 0 Å². The Morgan fingerprint density at radius 3 is 2.38 bits per heavy atom. The van der Waals surface area contributed by atoms with Gasteiger partial charge in [-0.1, -0.05) is 35.3 Å². The van der Waals surface area contributed by atoms with E-state index in [9.17, 15) is 9.50 Å². The van der Waals surface area contributed by atoms with Gasteiger partial charge in [0.2, 0.25) is 0 Å². The smallest absolute Gasteiger partial charge is 0.164 e. The van der Waals surface area contributed by atoms with E-state index in [1.165, 1.54) is 12.1 Å². The Balaban J connectivity index is 2.54. The van der Waals surface area contributed by atoms with Crippen LogP contribution in [0.5, 0.6) is 5.75 Å². The third-order valence-electron chi connectivity index (χ3n) is 2.19. The molecule has 16 heavy (non-hydrogen) atoms. The van der Waals surface area contributed by atoms with Crippen molar-refractivity contribution in [1.29, 1.82) is 0 Å². The van der Waals surface area contributed by atoms with Crippen molar-refractivity contribution >= 4 is 23.2 Å². The molecule has 0 aliphatic carbocycles. The fraction of sp³-hybridized carbons (Fsp3) is 0. The topological polar surface area (TPSA) is 20.2 Å². The van der Waals surface area contributed by atoms with Gasteiger partial charge in [0.25, 0.3) is 0 Å². The van der Waals surface area contributed by atoms with E-state index in [0.717, 1.165) is 0 Å². The van der Waals surface area contributed by atoms with Crippen LogP contribution in [0.3, 0.4) is 0 Å². The molecule has 0 radical (unpaired) electrons. The molecule has 0 spiro atoms. The molecule has 0 atom stereocenters. The maximum Gasteiger partial charge on any atom is 0.164 e. The molecule has 4 heteroatoms. The van der Waals surface area contributed by atoms with Gasteiger partial charge < -0.3 is 5.11 Å². The largest absolute Gasteiger partial charge is 0.505 e. The van der Waals surface area contributed by atoms with E-state index in [2.05, 4.69) is 0 Å². The van der Waals surface area contributed by atoms with Gasteiger partial charge in [-0.05, 0) is 29.8 Å². The molecular weight excluding hydrogens is 250 g/mol. The van der Waals surface area contributed by atoms with E-state index in [1.54, 1.807) is 24.3 Å². The van der Waals surface area contributed by atoms with Crippen molar-refractivity contribution in [2.45, 2.75) is 0 Å². The summed E-state index contributed by atoms with van der Waals surface area (Å²) in [4.78, 5) is 0. The zero-order valence-corrected chi connectivity index (χ0v) is 9.56. The average molecular weight is 257 g/mol. The van der Waals surface area contributed by atoms with Crippen molar-refractivity contribution in [3.8, 4) is 16.9 Å². The van der Waals surface area contributed by atoms with Gasteiger partial charge >= 0.3 is 0 Å². The van der Waals surface area contributed by atoms with Crippen LogP contribution in [0.4, 0.5) is 4.39 Å². The van der Waals surface area contributed by atoms with Gasteiger partial charge in [-0.15, -0.1) is 0 Å². The Labute approximate surface area is 102 Å². The molecular formula is C12H7Cl2FO. The van der Waals surface area contributed by atoms with E-state index in [0.29, 0.717) is 21.2 Å². The van der Waals surface area contributed by atoms with E-state index in [4.69, 9.17) is 23.2 Å². The Bertz CT molecular complexity index is 541. The van der Waals surface area contributed by atoms with Crippen molar-refractivity contribution in [2.75, 3.05) is 0 Å². The van der Waals surface area contributed by atoms with Crippen molar-refractivity contribution in [3.05, 3.63) is 52.3 Å². The third kappa shape index (κ3) is 2.13. The summed E-state index contributed by atoms with van der Waals surface area (Å²) in [6.45, 7) is 0. The van der Waals surface area contributed by atoms with Crippen LogP contribution in [0.1, 0.15) is 0 Å². The molecule has 0 fully saturated rings. The molecule has 0 heterocycles. The fourth-order valence-electron chi connectivity index (χ4n) is 1.40. The standard InChI is InChI=1S/C12H7Cl2FO/c13-8-2-3-9(10(14)6-8)7-1-4-11(15)12(16)5-7/h1-6,16H. The quantitative estimate of drug-likeness (QED) is 0.797. The SMILES string of the molecule is Oc1cc(-c2ccc(Cl)cc2Cl)ccc1F. The summed E-state index contributed by atoms with van der Waals surface area (Å²) in [7, 11) is 0. The molecule has 0 aromatic heterocycles. The van der Waals surface area contributed by atoms with Crippen molar-refractivity contribution in [1.82, 2.24) is 0 Å². The van der Waals surface area contributed by atoms with Crippen molar-refractivity contribution in [3.63, 3.8) is 0 Å². The lowest BCUT2D eigenvalue weighted by Gasteiger charge is -2.05. The second kappa shape index (κ2) is 4.32. The summed E-state index contributed by atoms with van der Waals surface area (Å²) in [6.07, 6.45) is 0. The van der Waals surface area contributed by atoms with Gasteiger partial charge in [-0.2, -0.15) is 0 Å². The molecule has 1 nitrogen and oxygen atoms in total. The summed E-state index contributed by atoms with van der Waals surface area (Å²) in [5.74, 6) is -1.06. The van der Waals surface area contributed by atoms with E-state index in [1.807, 2.05) is 0 Å². The molecule has 82 valence electrons. The second-order valence-electron chi connectivity index (χ2n) is 3.29. The number of phenolic OH excluding ortho intramolecular Hbond substituents is 1. The van der Waals surface area contributed by atoms with Gasteiger partial charge in [-0.3, -0.25) is 0 Å². The van der Waals surface area contributed by atoms with Crippen LogP contribution in [0, 0.1) is 5.82 Å². The first-order chi connectivity index (χ1) is 7.58. The lowest BCUT2D eigenvalue weighted by Crippen LogP contribution is -1.82. The van der Waals surface area contributed by atoms with Crippen LogP contribution >= 0.6 is 23.2 Å². The highest BCUT2D eigenvalue weighted by molar-refractivity contribution is 6.36. The predicted octanol–water partition coefficient (Wildman–Crippen LogP) is 4.51. The van der Waals surface area contributed by atoms with E-state index >= 15 is 0 Å². The Morgan fingerprint density at radius 1 is 1.00 bits per heavy atom. The number of hydrogen-bond acceptors (Lipinski definition) is 1. The Hall–Kier alpha value is -1.25. The summed E-state index contributed by atoms with van der Waals surface area (Å²) < 4.78 is 12.9. The number of benzene rings is 2. The van der Waals surface area contributed by atoms with Gasteiger partial charge in [0.1, 0.15) is 0 Å². The first-order valence-corrected chi connectivity index (χ1v) is 5.27. The Kier molecular flexibility index (Phi) is 3.03. The van der Waals surface area contributed by atoms with Gasteiger partial charge in [0.05, 0.1) is 0 Å². The van der Waals surface area contributed by atoms with Crippen LogP contribution < -0.4 is 0 Å². The van der Waals surface area contributed by atoms with Crippen LogP contribution in [0.2, 0.25) is 10.0 Å². The lowest BCUT2D eigenvalue weighted by atomic mass is 10.1. The first kappa shape index (κ1) is 11.2. The molecule has 2 aromatic rings. The average Bonchev–Trinajstić information content (AvgIpc) is 2.22. The zero-order valence-electron chi connectivity index (χ0n) is 8.05. The molecule has 0 aliphatic rings. The monoisotopic (exact) mass is 256 g/mol. The summed E-state index contributed by atoms with van der Waals surface area (Å²) in [5, 5.41) is 10.2. The number of halogens is 3. The molecule has 2 aromatic carbocycles. The first-order valence-electron chi connectivity index (χ1n) is 4.52. The second-order valence-corrected chi connectivity index (χ2v) is 4.13. The minimum absolute atomic E-state index is 0.400. The molecule has 0 unspecified atom stereocenters. The summed E-state index contributed by atoms with van der Waals surface area (Å²) in [6, 6.07) is 9.06. The lowest BCUT2D eigenvalue weighted by molar-refractivity contribution is 0.433. The van der Waals surface area contributed by atoms with Crippen molar-refractivity contribution < 1.29 is 9.50 Å². The minimum atomic E-state index is -0.658. The predicted molar refractivity (Wildman–Crippen MR) is 63.5 cm³/mol. The number of hydrogen-bond donors (Lipinski definition) is 1. The number of phenols is 1. The minimum Gasteiger partial charge on any atom is -0.505 e. The molecule has 0 bridgehead atoms. The fourth-order valence-corrected chi connectivity index (χ4v) is 1.92. The molecule has 0 amide bonds. The van der Waals surface area contributed by atoms with Gasteiger partial charge in [-0.25, -0.2) is 4.39 Å².